The number of amides is 1. The molecular formula is C20H30ClN5O. The van der Waals surface area contributed by atoms with E-state index in [-0.39, 0.29) is 5.91 Å². The normalized spacial score (nSPS) is 20.4. The third-order valence-corrected chi connectivity index (χ3v) is 5.31. The molecule has 148 valence electrons. The Morgan fingerprint density at radius 1 is 1.37 bits per heavy atom. The number of carbonyl (C=O) groups is 1. The van der Waals surface area contributed by atoms with E-state index in [9.17, 15) is 4.79 Å². The second-order valence-corrected chi connectivity index (χ2v) is 7.59. The molecule has 7 heteroatoms. The second-order valence-electron chi connectivity index (χ2n) is 7.15. The van der Waals surface area contributed by atoms with Gasteiger partial charge in [-0.1, -0.05) is 17.7 Å². The second kappa shape index (κ2) is 9.83. The molecule has 2 aliphatic heterocycles. The van der Waals surface area contributed by atoms with E-state index in [0.29, 0.717) is 12.5 Å². The molecule has 2 heterocycles. The molecule has 0 radical (unpaired) electrons. The number of nitrogens with one attached hydrogen (secondary N) is 2. The van der Waals surface area contributed by atoms with Crippen molar-refractivity contribution in [2.75, 3.05) is 44.2 Å². The van der Waals surface area contributed by atoms with E-state index >= 15 is 0 Å². The van der Waals surface area contributed by atoms with Crippen molar-refractivity contribution in [3.05, 3.63) is 29.3 Å². The molecule has 6 nitrogen and oxygen atoms in total. The van der Waals surface area contributed by atoms with E-state index < -0.39 is 0 Å². The lowest BCUT2D eigenvalue weighted by Crippen LogP contribution is -2.44. The highest BCUT2D eigenvalue weighted by Gasteiger charge is 2.23. The van der Waals surface area contributed by atoms with Crippen LogP contribution in [0.5, 0.6) is 0 Å². The van der Waals surface area contributed by atoms with E-state index in [1.807, 2.05) is 23.1 Å². The van der Waals surface area contributed by atoms with Crippen LogP contribution in [0.4, 0.5) is 5.69 Å². The van der Waals surface area contributed by atoms with Crippen LogP contribution in [0.25, 0.3) is 0 Å². The summed E-state index contributed by atoms with van der Waals surface area (Å²) in [5.41, 5.74) is 1.17. The highest BCUT2D eigenvalue weighted by molar-refractivity contribution is 6.30. The minimum absolute atomic E-state index is 0.288. The molecule has 2 fully saturated rings. The maximum atomic E-state index is 11.7. The van der Waals surface area contributed by atoms with Gasteiger partial charge in [-0.2, -0.15) is 0 Å². The van der Waals surface area contributed by atoms with Gasteiger partial charge in [0.15, 0.2) is 5.96 Å². The summed E-state index contributed by atoms with van der Waals surface area (Å²) in [6.45, 7) is 7.30. The van der Waals surface area contributed by atoms with E-state index in [0.717, 1.165) is 69.5 Å². The monoisotopic (exact) mass is 391 g/mol. The zero-order valence-corrected chi connectivity index (χ0v) is 16.8. The fourth-order valence-electron chi connectivity index (χ4n) is 3.69. The largest absolute Gasteiger partial charge is 0.369 e. The van der Waals surface area contributed by atoms with Gasteiger partial charge >= 0.3 is 0 Å². The number of hydrogen-bond acceptors (Lipinski definition) is 3. The van der Waals surface area contributed by atoms with Crippen molar-refractivity contribution in [3.8, 4) is 0 Å². The number of aliphatic imine (C=N–C) groups is 1. The van der Waals surface area contributed by atoms with Gasteiger partial charge in [0.2, 0.25) is 5.91 Å². The standard InChI is InChI=1S/C20H30ClN5O/c1-2-22-20(23-10-5-12-25-11-4-8-19(25)27)24-17-9-13-26(15-17)18-7-3-6-16(21)14-18/h3,6-7,14,17H,2,4-5,8-13,15H2,1H3,(H2,22,23,24). The topological polar surface area (TPSA) is 60.0 Å². The van der Waals surface area contributed by atoms with Crippen LogP contribution in [0.2, 0.25) is 5.02 Å². The molecule has 1 aromatic carbocycles. The van der Waals surface area contributed by atoms with Crippen LogP contribution < -0.4 is 15.5 Å². The molecule has 27 heavy (non-hydrogen) atoms. The summed E-state index contributed by atoms with van der Waals surface area (Å²) in [7, 11) is 0. The smallest absolute Gasteiger partial charge is 0.222 e. The van der Waals surface area contributed by atoms with E-state index in [2.05, 4.69) is 28.5 Å². The predicted molar refractivity (Wildman–Crippen MR) is 112 cm³/mol. The van der Waals surface area contributed by atoms with Gasteiger partial charge in [0, 0.05) is 62.4 Å². The Labute approximate surface area is 167 Å². The molecule has 0 spiro atoms. The molecule has 2 N–H and O–H groups in total. The molecule has 2 saturated heterocycles. The quantitative estimate of drug-likeness (QED) is 0.426. The summed E-state index contributed by atoms with van der Waals surface area (Å²) in [4.78, 5) is 20.7. The van der Waals surface area contributed by atoms with E-state index in [1.165, 1.54) is 5.69 Å². The van der Waals surface area contributed by atoms with Crippen molar-refractivity contribution >= 4 is 29.2 Å². The number of likely N-dealkylation sites (tertiary alicyclic amines) is 1. The molecule has 1 atom stereocenters. The fraction of sp³-hybridized carbons (Fsp3) is 0.600. The van der Waals surface area contributed by atoms with Crippen LogP contribution in [0, 0.1) is 0 Å². The third kappa shape index (κ3) is 5.76. The Morgan fingerprint density at radius 2 is 2.26 bits per heavy atom. The average molecular weight is 392 g/mol. The molecule has 0 saturated carbocycles. The van der Waals surface area contributed by atoms with Gasteiger partial charge in [-0.15, -0.1) is 0 Å². The van der Waals surface area contributed by atoms with Crippen molar-refractivity contribution in [2.24, 2.45) is 4.99 Å². The number of anilines is 1. The molecule has 1 unspecified atom stereocenters. The van der Waals surface area contributed by atoms with E-state index in [4.69, 9.17) is 16.6 Å². The summed E-state index contributed by atoms with van der Waals surface area (Å²) < 4.78 is 0. The van der Waals surface area contributed by atoms with Crippen molar-refractivity contribution in [3.63, 3.8) is 0 Å². The van der Waals surface area contributed by atoms with Crippen LogP contribution in [-0.2, 0) is 4.79 Å². The predicted octanol–water partition coefficient (Wildman–Crippen LogP) is 2.49. The lowest BCUT2D eigenvalue weighted by molar-refractivity contribution is -0.127. The Kier molecular flexibility index (Phi) is 7.21. The number of hydrogen-bond donors (Lipinski definition) is 2. The number of carbonyl (C=O) groups excluding carboxylic acids is 1. The fourth-order valence-corrected chi connectivity index (χ4v) is 3.88. The van der Waals surface area contributed by atoms with E-state index in [1.54, 1.807) is 0 Å². The van der Waals surface area contributed by atoms with Crippen molar-refractivity contribution in [1.29, 1.82) is 0 Å². The Morgan fingerprint density at radius 3 is 3.00 bits per heavy atom. The maximum Gasteiger partial charge on any atom is 0.222 e. The third-order valence-electron chi connectivity index (χ3n) is 5.07. The van der Waals surface area contributed by atoms with Gasteiger partial charge in [-0.05, 0) is 44.4 Å². The van der Waals surface area contributed by atoms with Crippen LogP contribution >= 0.6 is 11.6 Å². The first kappa shape index (κ1) is 19.8. The van der Waals surface area contributed by atoms with Crippen molar-refractivity contribution in [2.45, 2.75) is 38.6 Å². The SMILES string of the molecule is CCNC(=NCCCN1CCCC1=O)NC1CCN(c2cccc(Cl)c2)C1. The molecule has 1 amide bonds. The zero-order valence-electron chi connectivity index (χ0n) is 16.1. The van der Waals surface area contributed by atoms with Crippen molar-refractivity contribution < 1.29 is 4.79 Å². The summed E-state index contributed by atoms with van der Waals surface area (Å²) in [5, 5.41) is 7.65. The molecule has 0 aromatic heterocycles. The molecular weight excluding hydrogens is 362 g/mol. The molecule has 3 rings (SSSR count). The first-order valence-electron chi connectivity index (χ1n) is 9.99. The summed E-state index contributed by atoms with van der Waals surface area (Å²) in [5.74, 6) is 1.15. The highest BCUT2D eigenvalue weighted by atomic mass is 35.5. The van der Waals surface area contributed by atoms with Gasteiger partial charge in [0.25, 0.3) is 0 Å². The number of nitrogens with zero attached hydrogens (tertiary/aromatic N) is 3. The van der Waals surface area contributed by atoms with Gasteiger partial charge in [-0.3, -0.25) is 9.79 Å². The van der Waals surface area contributed by atoms with Gasteiger partial charge in [-0.25, -0.2) is 0 Å². The summed E-state index contributed by atoms with van der Waals surface area (Å²) in [6.07, 6.45) is 3.68. The lowest BCUT2D eigenvalue weighted by Gasteiger charge is -2.20. The zero-order chi connectivity index (χ0) is 19.1. The highest BCUT2D eigenvalue weighted by Crippen LogP contribution is 2.23. The lowest BCUT2D eigenvalue weighted by atomic mass is 10.2. The minimum atomic E-state index is 0.288. The first-order valence-corrected chi connectivity index (χ1v) is 10.4. The van der Waals surface area contributed by atoms with Crippen LogP contribution in [0.15, 0.2) is 29.3 Å². The Bertz CT molecular complexity index is 666. The molecule has 0 aliphatic carbocycles. The summed E-state index contributed by atoms with van der Waals surface area (Å²) in [6, 6.07) is 8.38. The van der Waals surface area contributed by atoms with Crippen molar-refractivity contribution in [1.82, 2.24) is 15.5 Å². The molecule has 0 bridgehead atoms. The Balaban J connectivity index is 1.46. The van der Waals surface area contributed by atoms with Gasteiger partial charge in [0.1, 0.15) is 0 Å². The first-order chi connectivity index (χ1) is 13.2. The van der Waals surface area contributed by atoms with Gasteiger partial charge < -0.3 is 20.4 Å². The van der Waals surface area contributed by atoms with Crippen LogP contribution in [-0.4, -0.2) is 62.1 Å². The van der Waals surface area contributed by atoms with Crippen LogP contribution in [0.1, 0.15) is 32.6 Å². The number of halogens is 1. The number of benzene rings is 1. The van der Waals surface area contributed by atoms with Gasteiger partial charge in [0.05, 0.1) is 0 Å². The Hall–Kier alpha value is -1.95. The average Bonchev–Trinajstić information content (AvgIpc) is 3.28. The van der Waals surface area contributed by atoms with Crippen LogP contribution in [0.3, 0.4) is 0 Å². The molecule has 1 aromatic rings. The summed E-state index contributed by atoms with van der Waals surface area (Å²) >= 11 is 6.12. The number of rotatable bonds is 7. The number of guanidine groups is 1. The minimum Gasteiger partial charge on any atom is -0.369 e. The maximum absolute atomic E-state index is 11.7. The molecule has 2 aliphatic rings.